The quantitative estimate of drug-likeness (QED) is 0.512. The molecule has 0 saturated carbocycles. The highest BCUT2D eigenvalue weighted by atomic mass is 35.5. The van der Waals surface area contributed by atoms with Crippen molar-refractivity contribution in [1.82, 2.24) is 14.9 Å². The van der Waals surface area contributed by atoms with E-state index in [1.165, 1.54) is 35.0 Å². The summed E-state index contributed by atoms with van der Waals surface area (Å²) in [6.07, 6.45) is 2.94. The van der Waals surface area contributed by atoms with Crippen LogP contribution in [-0.2, 0) is 5.75 Å². The molecule has 0 amide bonds. The van der Waals surface area contributed by atoms with E-state index in [-0.39, 0.29) is 5.82 Å². The second kappa shape index (κ2) is 7.39. The van der Waals surface area contributed by atoms with Gasteiger partial charge in [-0.15, -0.1) is 10.2 Å². The van der Waals surface area contributed by atoms with Gasteiger partial charge in [-0.1, -0.05) is 53.7 Å². The molecule has 1 aromatic heterocycles. The van der Waals surface area contributed by atoms with Crippen molar-refractivity contribution in [1.29, 1.82) is 0 Å². The van der Waals surface area contributed by atoms with Crippen LogP contribution in [0.4, 0.5) is 4.39 Å². The molecule has 0 unspecified atom stereocenters. The van der Waals surface area contributed by atoms with E-state index in [1.807, 2.05) is 24.3 Å². The fraction of sp³-hybridized carbons (Fsp3) is 0.0625. The van der Waals surface area contributed by atoms with Crippen molar-refractivity contribution < 1.29 is 4.39 Å². The number of halogens is 2. The van der Waals surface area contributed by atoms with Gasteiger partial charge < -0.3 is 0 Å². The summed E-state index contributed by atoms with van der Waals surface area (Å²) in [6, 6.07) is 14.0. The van der Waals surface area contributed by atoms with Crippen LogP contribution in [0, 0.1) is 5.82 Å². The van der Waals surface area contributed by atoms with Gasteiger partial charge in [0.1, 0.15) is 12.1 Å². The molecular weight excluding hydrogens is 335 g/mol. The van der Waals surface area contributed by atoms with E-state index in [1.54, 1.807) is 18.2 Å². The molecule has 0 saturated heterocycles. The van der Waals surface area contributed by atoms with Gasteiger partial charge in [-0.2, -0.15) is 9.78 Å². The van der Waals surface area contributed by atoms with Crippen molar-refractivity contribution in [3.63, 3.8) is 0 Å². The first-order valence-corrected chi connectivity index (χ1v) is 8.15. The summed E-state index contributed by atoms with van der Waals surface area (Å²) >= 11 is 7.36. The highest BCUT2D eigenvalue weighted by Crippen LogP contribution is 2.21. The number of benzene rings is 2. The molecule has 4 nitrogen and oxygen atoms in total. The fourth-order valence-corrected chi connectivity index (χ4v) is 2.77. The van der Waals surface area contributed by atoms with Gasteiger partial charge in [0, 0.05) is 16.3 Å². The van der Waals surface area contributed by atoms with E-state index in [4.69, 9.17) is 11.6 Å². The molecule has 2 aromatic carbocycles. The molecule has 0 aliphatic heterocycles. The highest BCUT2D eigenvalue weighted by molar-refractivity contribution is 7.98. The summed E-state index contributed by atoms with van der Waals surface area (Å²) in [5.41, 5.74) is 1.53. The van der Waals surface area contributed by atoms with Crippen LogP contribution in [-0.4, -0.2) is 21.1 Å². The van der Waals surface area contributed by atoms with Crippen molar-refractivity contribution >= 4 is 29.6 Å². The Balaban J connectivity index is 1.70. The van der Waals surface area contributed by atoms with Gasteiger partial charge in [-0.3, -0.25) is 0 Å². The lowest BCUT2D eigenvalue weighted by Gasteiger charge is -2.02. The molecule has 0 atom stereocenters. The molecule has 0 bridgehead atoms. The normalized spacial score (nSPS) is 11.2. The number of thioether (sulfide) groups is 1. The number of aromatic nitrogens is 3. The summed E-state index contributed by atoms with van der Waals surface area (Å²) in [7, 11) is 0. The zero-order valence-corrected chi connectivity index (χ0v) is 13.5. The fourth-order valence-electron chi connectivity index (χ4n) is 1.83. The molecule has 0 aliphatic carbocycles. The SMILES string of the molecule is Fc1ccccc1/C=N/n1cnnc1SCc1ccc(Cl)cc1. The van der Waals surface area contributed by atoms with E-state index in [2.05, 4.69) is 15.3 Å². The number of hydrogen-bond donors (Lipinski definition) is 0. The summed E-state index contributed by atoms with van der Waals surface area (Å²) in [4.78, 5) is 0. The average molecular weight is 347 g/mol. The molecule has 0 fully saturated rings. The minimum Gasteiger partial charge on any atom is -0.206 e. The van der Waals surface area contributed by atoms with E-state index >= 15 is 0 Å². The lowest BCUT2D eigenvalue weighted by molar-refractivity contribution is 0.625. The second-order valence-corrected chi connectivity index (χ2v) is 6.02. The minimum absolute atomic E-state index is 0.320. The van der Waals surface area contributed by atoms with Crippen molar-refractivity contribution in [2.75, 3.05) is 0 Å². The molecule has 116 valence electrons. The molecule has 0 radical (unpaired) electrons. The second-order valence-electron chi connectivity index (χ2n) is 4.64. The topological polar surface area (TPSA) is 43.1 Å². The lowest BCUT2D eigenvalue weighted by atomic mass is 10.2. The maximum absolute atomic E-state index is 13.6. The maximum atomic E-state index is 13.6. The van der Waals surface area contributed by atoms with E-state index < -0.39 is 0 Å². The molecule has 3 rings (SSSR count). The third kappa shape index (κ3) is 4.18. The number of nitrogens with zero attached hydrogens (tertiary/aromatic N) is 4. The monoisotopic (exact) mass is 346 g/mol. The Kier molecular flexibility index (Phi) is 5.05. The van der Waals surface area contributed by atoms with Crippen LogP contribution in [0.5, 0.6) is 0 Å². The Labute approximate surface area is 142 Å². The average Bonchev–Trinajstić information content (AvgIpc) is 3.01. The van der Waals surface area contributed by atoms with Gasteiger partial charge in [0.05, 0.1) is 6.21 Å². The van der Waals surface area contributed by atoms with Crippen LogP contribution in [0.3, 0.4) is 0 Å². The van der Waals surface area contributed by atoms with E-state index in [0.717, 1.165) is 5.56 Å². The standard InChI is InChI=1S/C16H12ClFN4S/c17-14-7-5-12(6-8-14)10-23-16-21-19-11-22(16)20-9-13-3-1-2-4-15(13)18/h1-9,11H,10H2/b20-9+. The number of rotatable bonds is 5. The lowest BCUT2D eigenvalue weighted by Crippen LogP contribution is -1.94. The maximum Gasteiger partial charge on any atom is 0.212 e. The zero-order valence-electron chi connectivity index (χ0n) is 11.9. The third-order valence-corrected chi connectivity index (χ3v) is 4.26. The Morgan fingerprint density at radius 3 is 2.74 bits per heavy atom. The predicted molar refractivity (Wildman–Crippen MR) is 90.4 cm³/mol. The molecule has 7 heteroatoms. The summed E-state index contributed by atoms with van der Waals surface area (Å²) < 4.78 is 15.1. The Morgan fingerprint density at radius 2 is 1.96 bits per heavy atom. The molecule has 1 heterocycles. The van der Waals surface area contributed by atoms with Crippen molar-refractivity contribution in [2.24, 2.45) is 5.10 Å². The summed E-state index contributed by atoms with van der Waals surface area (Å²) in [5.74, 6) is 0.394. The molecule has 0 N–H and O–H groups in total. The van der Waals surface area contributed by atoms with E-state index in [9.17, 15) is 4.39 Å². The smallest absolute Gasteiger partial charge is 0.206 e. The van der Waals surface area contributed by atoms with E-state index in [0.29, 0.717) is 21.5 Å². The highest BCUT2D eigenvalue weighted by Gasteiger charge is 2.05. The zero-order chi connectivity index (χ0) is 16.1. The van der Waals surface area contributed by atoms with Crippen molar-refractivity contribution in [3.8, 4) is 0 Å². The van der Waals surface area contributed by atoms with Crippen LogP contribution in [0.2, 0.25) is 5.02 Å². The minimum atomic E-state index is -0.320. The van der Waals surface area contributed by atoms with Gasteiger partial charge in [0.15, 0.2) is 0 Å². The van der Waals surface area contributed by atoms with Crippen LogP contribution < -0.4 is 0 Å². The first kappa shape index (κ1) is 15.7. The van der Waals surface area contributed by atoms with Gasteiger partial charge in [-0.05, 0) is 23.8 Å². The van der Waals surface area contributed by atoms with Crippen LogP contribution in [0.1, 0.15) is 11.1 Å². The molecular formula is C16H12ClFN4S. The largest absolute Gasteiger partial charge is 0.212 e. The number of hydrogen-bond acceptors (Lipinski definition) is 4. The van der Waals surface area contributed by atoms with Crippen molar-refractivity contribution in [2.45, 2.75) is 10.9 Å². The van der Waals surface area contributed by atoms with Gasteiger partial charge in [-0.25, -0.2) is 4.39 Å². The van der Waals surface area contributed by atoms with Crippen LogP contribution in [0.25, 0.3) is 0 Å². The Morgan fingerprint density at radius 1 is 1.17 bits per heavy atom. The molecule has 23 heavy (non-hydrogen) atoms. The molecule has 0 aliphatic rings. The van der Waals surface area contributed by atoms with Crippen LogP contribution >= 0.6 is 23.4 Å². The summed E-state index contributed by atoms with van der Waals surface area (Å²) in [6.45, 7) is 0. The van der Waals surface area contributed by atoms with Crippen molar-refractivity contribution in [3.05, 3.63) is 76.8 Å². The van der Waals surface area contributed by atoms with Gasteiger partial charge >= 0.3 is 0 Å². The molecule has 3 aromatic rings. The van der Waals surface area contributed by atoms with Crippen LogP contribution in [0.15, 0.2) is 65.1 Å². The molecule has 0 spiro atoms. The Bertz CT molecular complexity index is 817. The first-order chi connectivity index (χ1) is 11.2. The van der Waals surface area contributed by atoms with Gasteiger partial charge in [0.25, 0.3) is 0 Å². The third-order valence-electron chi connectivity index (χ3n) is 3.01. The summed E-state index contributed by atoms with van der Waals surface area (Å²) in [5, 5.41) is 13.4. The van der Waals surface area contributed by atoms with Gasteiger partial charge in [0.2, 0.25) is 5.16 Å². The predicted octanol–water partition coefficient (Wildman–Crippen LogP) is 4.25. The first-order valence-electron chi connectivity index (χ1n) is 6.78. The Hall–Kier alpha value is -2.18.